The number of ether oxygens (including phenoxy) is 1. The van der Waals surface area contributed by atoms with Crippen molar-refractivity contribution in [3.05, 3.63) is 85.5 Å². The first-order valence-electron chi connectivity index (χ1n) is 8.97. The zero-order chi connectivity index (χ0) is 22.5. The van der Waals surface area contributed by atoms with Gasteiger partial charge < -0.3 is 15.4 Å². The monoisotopic (exact) mass is 568 g/mol. The Labute approximate surface area is 200 Å². The number of aryl methyl sites for hydroxylation is 1. The van der Waals surface area contributed by atoms with Crippen molar-refractivity contribution in [3.8, 4) is 5.75 Å². The molecule has 0 spiro atoms. The molecule has 0 heterocycles. The van der Waals surface area contributed by atoms with Crippen molar-refractivity contribution in [3.63, 3.8) is 0 Å². The van der Waals surface area contributed by atoms with Crippen LogP contribution in [0.5, 0.6) is 5.75 Å². The van der Waals surface area contributed by atoms with Gasteiger partial charge >= 0.3 is 0 Å². The number of benzene rings is 3. The third kappa shape index (κ3) is 6.29. The smallest absolute Gasteiger partial charge is 0.262 e. The maximum Gasteiger partial charge on any atom is 0.262 e. The van der Waals surface area contributed by atoms with Gasteiger partial charge in [-0.1, -0.05) is 33.6 Å². The molecule has 0 aliphatic rings. The van der Waals surface area contributed by atoms with E-state index >= 15 is 0 Å². The molecule has 9 heteroatoms. The fraction of sp³-hybridized carbons (Fsp3) is 0.0909. The van der Waals surface area contributed by atoms with Gasteiger partial charge in [0.15, 0.2) is 6.61 Å². The minimum Gasteiger partial charge on any atom is -0.482 e. The van der Waals surface area contributed by atoms with Crippen LogP contribution in [-0.2, 0) is 4.79 Å². The third-order valence-corrected chi connectivity index (χ3v) is 5.46. The topological polar surface area (TPSA) is 67.4 Å². The van der Waals surface area contributed by atoms with Crippen LogP contribution in [0.4, 0.5) is 15.8 Å². The zero-order valence-electron chi connectivity index (χ0n) is 16.1. The number of hydrogen-bond acceptors (Lipinski definition) is 3. The number of amides is 2. The summed E-state index contributed by atoms with van der Waals surface area (Å²) in [4.78, 5) is 24.8. The largest absolute Gasteiger partial charge is 0.482 e. The van der Waals surface area contributed by atoms with E-state index in [-0.39, 0.29) is 17.5 Å². The van der Waals surface area contributed by atoms with Gasteiger partial charge in [-0.15, -0.1) is 0 Å². The van der Waals surface area contributed by atoms with E-state index in [1.165, 1.54) is 24.3 Å². The van der Waals surface area contributed by atoms with Crippen LogP contribution in [0.3, 0.4) is 0 Å². The molecule has 0 radical (unpaired) electrons. The van der Waals surface area contributed by atoms with E-state index in [2.05, 4.69) is 42.5 Å². The van der Waals surface area contributed by atoms with Gasteiger partial charge in [0, 0.05) is 21.4 Å². The van der Waals surface area contributed by atoms with E-state index in [1.54, 1.807) is 18.2 Å². The van der Waals surface area contributed by atoms with Gasteiger partial charge in [0.1, 0.15) is 11.6 Å². The molecular formula is C22H16Br2ClFN2O3. The van der Waals surface area contributed by atoms with Crippen molar-refractivity contribution < 1.29 is 18.7 Å². The first kappa shape index (κ1) is 23.2. The molecule has 31 heavy (non-hydrogen) atoms. The van der Waals surface area contributed by atoms with Crippen molar-refractivity contribution in [2.75, 3.05) is 17.2 Å². The molecule has 3 aromatic rings. The van der Waals surface area contributed by atoms with Gasteiger partial charge in [0.2, 0.25) is 0 Å². The van der Waals surface area contributed by atoms with Gasteiger partial charge in [-0.25, -0.2) is 4.39 Å². The number of nitrogens with one attached hydrogen (secondary N) is 2. The van der Waals surface area contributed by atoms with E-state index < -0.39 is 11.7 Å². The maximum atomic E-state index is 13.3. The molecule has 0 aliphatic carbocycles. The zero-order valence-corrected chi connectivity index (χ0v) is 20.1. The van der Waals surface area contributed by atoms with Gasteiger partial charge in [-0.05, 0) is 76.9 Å². The summed E-state index contributed by atoms with van der Waals surface area (Å²) in [5.41, 5.74) is 1.97. The van der Waals surface area contributed by atoms with Crippen LogP contribution in [-0.4, -0.2) is 18.4 Å². The Hall–Kier alpha value is -2.42. The number of rotatable bonds is 6. The molecule has 160 valence electrons. The summed E-state index contributed by atoms with van der Waals surface area (Å²) in [5, 5.41) is 5.24. The molecule has 0 fully saturated rings. The van der Waals surface area contributed by atoms with Gasteiger partial charge in [-0.2, -0.15) is 0 Å². The van der Waals surface area contributed by atoms with Crippen molar-refractivity contribution >= 4 is 66.6 Å². The molecule has 2 amide bonds. The second-order valence-electron chi connectivity index (χ2n) is 6.53. The highest BCUT2D eigenvalue weighted by Crippen LogP contribution is 2.32. The van der Waals surface area contributed by atoms with Crippen LogP contribution in [0.1, 0.15) is 15.9 Å². The summed E-state index contributed by atoms with van der Waals surface area (Å²) < 4.78 is 20.5. The predicted molar refractivity (Wildman–Crippen MR) is 127 cm³/mol. The minimum atomic E-state index is -0.572. The van der Waals surface area contributed by atoms with Gasteiger partial charge in [0.05, 0.1) is 9.50 Å². The quantitative estimate of drug-likeness (QED) is 0.352. The van der Waals surface area contributed by atoms with Crippen LogP contribution in [0.15, 0.2) is 63.5 Å². The highest BCUT2D eigenvalue weighted by molar-refractivity contribution is 9.11. The Morgan fingerprint density at radius 1 is 1.03 bits per heavy atom. The molecular weight excluding hydrogens is 555 g/mol. The SMILES string of the molecule is Cc1cc(Br)cc(Br)c1OCC(=O)Nc1cccc(C(=O)Nc2ccc(F)c(Cl)c2)c1. The highest BCUT2D eigenvalue weighted by Gasteiger charge is 2.12. The van der Waals surface area contributed by atoms with Crippen molar-refractivity contribution in [1.82, 2.24) is 0 Å². The lowest BCUT2D eigenvalue weighted by atomic mass is 10.2. The summed E-state index contributed by atoms with van der Waals surface area (Å²) >= 11 is 12.5. The summed E-state index contributed by atoms with van der Waals surface area (Å²) in [6.07, 6.45) is 0. The standard InChI is InChI=1S/C22H16Br2ClFN2O3/c1-12-7-14(23)9-17(24)21(12)31-11-20(29)27-15-4-2-3-13(8-15)22(30)28-16-5-6-19(26)18(25)10-16/h2-10H,11H2,1H3,(H,27,29)(H,28,30). The molecule has 0 aliphatic heterocycles. The Kier molecular flexibility index (Phi) is 7.69. The van der Waals surface area contributed by atoms with E-state index in [1.807, 2.05) is 19.1 Å². The average Bonchev–Trinajstić information content (AvgIpc) is 2.70. The fourth-order valence-electron chi connectivity index (χ4n) is 2.72. The van der Waals surface area contributed by atoms with E-state index in [9.17, 15) is 14.0 Å². The Balaban J connectivity index is 1.62. The molecule has 0 unspecified atom stereocenters. The third-order valence-electron chi connectivity index (χ3n) is 4.13. The van der Waals surface area contributed by atoms with Gasteiger partial charge in [-0.3, -0.25) is 9.59 Å². The van der Waals surface area contributed by atoms with Crippen LogP contribution < -0.4 is 15.4 Å². The fourth-order valence-corrected chi connectivity index (χ4v) is 4.46. The summed E-state index contributed by atoms with van der Waals surface area (Å²) in [5.74, 6) is -0.803. The minimum absolute atomic E-state index is 0.0912. The van der Waals surface area contributed by atoms with E-state index in [0.717, 1.165) is 14.5 Å². The van der Waals surface area contributed by atoms with E-state index in [4.69, 9.17) is 16.3 Å². The average molecular weight is 571 g/mol. The Morgan fingerprint density at radius 2 is 1.77 bits per heavy atom. The number of hydrogen-bond donors (Lipinski definition) is 2. The second kappa shape index (κ2) is 10.3. The predicted octanol–water partition coefficient (Wildman–Crippen LogP) is 6.58. The Morgan fingerprint density at radius 3 is 2.48 bits per heavy atom. The number of anilines is 2. The molecule has 0 bridgehead atoms. The van der Waals surface area contributed by atoms with Crippen molar-refractivity contribution in [2.24, 2.45) is 0 Å². The normalized spacial score (nSPS) is 10.5. The first-order valence-corrected chi connectivity index (χ1v) is 10.9. The number of halogens is 4. The molecule has 3 aromatic carbocycles. The first-order chi connectivity index (χ1) is 14.7. The molecule has 2 N–H and O–H groups in total. The summed E-state index contributed by atoms with van der Waals surface area (Å²) in [7, 11) is 0. The highest BCUT2D eigenvalue weighted by atomic mass is 79.9. The molecule has 3 rings (SSSR count). The summed E-state index contributed by atoms with van der Waals surface area (Å²) in [6.45, 7) is 1.67. The van der Waals surface area contributed by atoms with Crippen LogP contribution >= 0.6 is 43.5 Å². The summed E-state index contributed by atoms with van der Waals surface area (Å²) in [6, 6.07) is 14.0. The molecule has 0 saturated carbocycles. The number of carbonyl (C=O) groups is 2. The maximum absolute atomic E-state index is 13.3. The second-order valence-corrected chi connectivity index (χ2v) is 8.71. The lowest BCUT2D eigenvalue weighted by Gasteiger charge is -2.12. The van der Waals surface area contributed by atoms with Gasteiger partial charge in [0.25, 0.3) is 11.8 Å². The number of carbonyl (C=O) groups excluding carboxylic acids is 2. The van der Waals surface area contributed by atoms with E-state index in [0.29, 0.717) is 22.7 Å². The van der Waals surface area contributed by atoms with Crippen LogP contribution in [0, 0.1) is 12.7 Å². The lowest BCUT2D eigenvalue weighted by molar-refractivity contribution is -0.118. The Bertz CT molecular complexity index is 1130. The lowest BCUT2D eigenvalue weighted by Crippen LogP contribution is -2.21. The molecule has 0 atom stereocenters. The van der Waals surface area contributed by atoms with Crippen LogP contribution in [0.25, 0.3) is 0 Å². The molecule has 0 saturated heterocycles. The van der Waals surface area contributed by atoms with Crippen molar-refractivity contribution in [2.45, 2.75) is 6.92 Å². The molecule has 5 nitrogen and oxygen atoms in total. The van der Waals surface area contributed by atoms with Crippen LogP contribution in [0.2, 0.25) is 5.02 Å². The van der Waals surface area contributed by atoms with Crippen molar-refractivity contribution in [1.29, 1.82) is 0 Å². The molecule has 0 aromatic heterocycles.